The summed E-state index contributed by atoms with van der Waals surface area (Å²) in [5, 5.41) is 9.36. The molecule has 0 radical (unpaired) electrons. The average Bonchev–Trinajstić information content (AvgIpc) is 2.39. The van der Waals surface area contributed by atoms with E-state index >= 15 is 0 Å². The van der Waals surface area contributed by atoms with E-state index in [1.165, 1.54) is 6.92 Å². The van der Waals surface area contributed by atoms with Crippen LogP contribution < -0.4 is 0 Å². The molecule has 0 fully saturated rings. The molecule has 0 aliphatic heterocycles. The number of carbonyl (C=O) groups is 2. The number of hydrogen-bond donors (Lipinski definition) is 1. The van der Waals surface area contributed by atoms with Crippen LogP contribution in [0.15, 0.2) is 0 Å². The third-order valence-electron chi connectivity index (χ3n) is 2.53. The Morgan fingerprint density at radius 1 is 0.950 bits per heavy atom. The van der Waals surface area contributed by atoms with Crippen molar-refractivity contribution in [3.05, 3.63) is 0 Å². The Balaban J connectivity index is 5.38. The van der Waals surface area contributed by atoms with Crippen LogP contribution in [0.3, 0.4) is 0 Å². The second kappa shape index (κ2) is 10.5. The van der Waals surface area contributed by atoms with Crippen molar-refractivity contribution in [2.75, 3.05) is 19.8 Å². The third-order valence-corrected chi connectivity index (χ3v) is 7.49. The van der Waals surface area contributed by atoms with E-state index in [4.69, 9.17) is 9.96 Å². The normalized spacial score (nSPS) is 13.2. The molecule has 118 valence electrons. The van der Waals surface area contributed by atoms with Crippen LogP contribution in [-0.2, 0) is 37.3 Å². The molecule has 0 spiro atoms. The van der Waals surface area contributed by atoms with Crippen LogP contribution in [0.4, 0.5) is 0 Å². The summed E-state index contributed by atoms with van der Waals surface area (Å²) in [6, 6.07) is 0. The van der Waals surface area contributed by atoms with Gasteiger partial charge < -0.3 is 0 Å². The predicted octanol–water partition coefficient (Wildman–Crippen LogP) is 2.63. The molecule has 0 rings (SSSR count). The molecule has 7 heteroatoms. The monoisotopic (exact) mass is 326 g/mol. The van der Waals surface area contributed by atoms with Crippen LogP contribution in [0.2, 0.25) is 4.22 Å². The van der Waals surface area contributed by atoms with E-state index in [0.29, 0.717) is 39.1 Å². The molecule has 1 N–H and O–H groups in total. The van der Waals surface area contributed by atoms with E-state index in [1.807, 2.05) is 20.8 Å². The van der Waals surface area contributed by atoms with E-state index < -0.39 is 33.7 Å². The average molecular weight is 326 g/mol. The number of aliphatic carboxylic acids is 1. The standard InChI is InChI=1S/C4H5O3.3C3H7O.Ti/c1-3(5)2-4(6)7;3*1-2-3-4;/h2H,1H3,(H,6,7);3*2-3H2,1H3;/q;3*-1;+3. The summed E-state index contributed by atoms with van der Waals surface area (Å²) >= 11 is -4.17. The van der Waals surface area contributed by atoms with E-state index in [9.17, 15) is 14.7 Å². The van der Waals surface area contributed by atoms with Crippen molar-refractivity contribution in [3.63, 3.8) is 0 Å². The van der Waals surface area contributed by atoms with Crippen molar-refractivity contribution in [2.24, 2.45) is 0 Å². The maximum absolute atomic E-state index is 11.7. The van der Waals surface area contributed by atoms with Gasteiger partial charge in [0.15, 0.2) is 0 Å². The van der Waals surface area contributed by atoms with Gasteiger partial charge in [-0.25, -0.2) is 0 Å². The van der Waals surface area contributed by atoms with Gasteiger partial charge >= 0.3 is 125 Å². The molecule has 0 saturated carbocycles. The van der Waals surface area contributed by atoms with Gasteiger partial charge in [0.2, 0.25) is 0 Å². The number of carbonyl (C=O) groups excluding carboxylic acids is 1. The second-order valence-corrected chi connectivity index (χ2v) is 8.67. The van der Waals surface area contributed by atoms with Gasteiger partial charge in [0.25, 0.3) is 0 Å². The first-order valence-corrected chi connectivity index (χ1v) is 9.91. The molecule has 6 nitrogen and oxygen atoms in total. The number of carboxylic acid groups (broad SMARTS) is 1. The van der Waals surface area contributed by atoms with Crippen molar-refractivity contribution < 1.29 is 42.4 Å². The maximum atomic E-state index is 11.7. The Morgan fingerprint density at radius 2 is 1.30 bits per heavy atom. The zero-order chi connectivity index (χ0) is 15.6. The minimum atomic E-state index is -4.17. The third kappa shape index (κ3) is 6.01. The minimum absolute atomic E-state index is 0.338. The van der Waals surface area contributed by atoms with Crippen LogP contribution in [-0.4, -0.2) is 36.7 Å². The van der Waals surface area contributed by atoms with Crippen LogP contribution in [0.5, 0.6) is 0 Å². The molecule has 20 heavy (non-hydrogen) atoms. The van der Waals surface area contributed by atoms with Gasteiger partial charge in [-0.05, 0) is 0 Å². The molecule has 0 aromatic carbocycles. The molecule has 0 aliphatic carbocycles. The first-order chi connectivity index (χ1) is 9.45. The molecule has 1 unspecified atom stereocenters. The van der Waals surface area contributed by atoms with Gasteiger partial charge in [-0.3, -0.25) is 0 Å². The zero-order valence-corrected chi connectivity index (χ0v) is 14.4. The number of ketones is 1. The van der Waals surface area contributed by atoms with Crippen molar-refractivity contribution in [3.8, 4) is 0 Å². The fourth-order valence-electron chi connectivity index (χ4n) is 1.68. The number of hydrogen-bond acceptors (Lipinski definition) is 5. The quantitative estimate of drug-likeness (QED) is 0.438. The van der Waals surface area contributed by atoms with Gasteiger partial charge in [0.1, 0.15) is 0 Å². The van der Waals surface area contributed by atoms with Gasteiger partial charge in [0.05, 0.1) is 0 Å². The topological polar surface area (TPSA) is 82.1 Å². The van der Waals surface area contributed by atoms with Crippen molar-refractivity contribution in [1.82, 2.24) is 0 Å². The van der Waals surface area contributed by atoms with E-state index in [0.717, 1.165) is 0 Å². The Hall–Kier alpha value is -0.266. The number of Topliss-reactive ketones (excluding diaryl/α,β-unsaturated/α-hetero) is 1. The summed E-state index contributed by atoms with van der Waals surface area (Å²) < 4.78 is 15.8. The summed E-state index contributed by atoms with van der Waals surface area (Å²) in [5.74, 6) is -1.69. The fraction of sp³-hybridized carbons (Fsp3) is 0.846. The van der Waals surface area contributed by atoms with Gasteiger partial charge in [-0.15, -0.1) is 0 Å². The Morgan fingerprint density at radius 3 is 1.50 bits per heavy atom. The van der Waals surface area contributed by atoms with Crippen LogP contribution in [0.1, 0.15) is 47.0 Å². The van der Waals surface area contributed by atoms with Gasteiger partial charge in [-0.1, -0.05) is 0 Å². The summed E-state index contributed by atoms with van der Waals surface area (Å²) in [6.07, 6.45) is 2.13. The number of carboxylic acids is 1. The van der Waals surface area contributed by atoms with Gasteiger partial charge in [-0.2, -0.15) is 0 Å². The molecule has 0 aromatic heterocycles. The SMILES string of the molecule is CCC[O][Ti]([O]CCC)([O]CCC)[CH](C(C)=O)C(=O)O. The molecular formula is C13H26O6Ti. The van der Waals surface area contributed by atoms with Crippen LogP contribution in [0.25, 0.3) is 0 Å². The first-order valence-electron chi connectivity index (χ1n) is 7.10. The predicted molar refractivity (Wildman–Crippen MR) is 70.8 cm³/mol. The summed E-state index contributed by atoms with van der Waals surface area (Å²) in [4.78, 5) is 23.2. The van der Waals surface area contributed by atoms with Crippen LogP contribution in [0, 0.1) is 0 Å². The van der Waals surface area contributed by atoms with Crippen molar-refractivity contribution in [2.45, 2.75) is 51.2 Å². The molecule has 0 aliphatic rings. The van der Waals surface area contributed by atoms with Crippen LogP contribution >= 0.6 is 0 Å². The van der Waals surface area contributed by atoms with Gasteiger partial charge in [0, 0.05) is 0 Å². The molecule has 0 saturated heterocycles. The second-order valence-electron chi connectivity index (χ2n) is 4.53. The summed E-state index contributed by atoms with van der Waals surface area (Å²) in [6.45, 7) is 8.00. The molecule has 0 amide bonds. The molecule has 1 atom stereocenters. The fourth-order valence-corrected chi connectivity index (χ4v) is 6.39. The summed E-state index contributed by atoms with van der Waals surface area (Å²) in [5.41, 5.74) is 0. The Bertz CT molecular complexity index is 271. The van der Waals surface area contributed by atoms with E-state index in [1.54, 1.807) is 0 Å². The summed E-state index contributed by atoms with van der Waals surface area (Å²) in [7, 11) is 0. The molecular weight excluding hydrogens is 300 g/mol. The molecule has 0 heterocycles. The first kappa shape index (κ1) is 19.7. The zero-order valence-electron chi connectivity index (χ0n) is 12.8. The molecule has 0 bridgehead atoms. The molecule has 0 aromatic rings. The van der Waals surface area contributed by atoms with Crippen molar-refractivity contribution in [1.29, 1.82) is 0 Å². The Labute approximate surface area is 125 Å². The van der Waals surface area contributed by atoms with Crippen molar-refractivity contribution >= 4 is 11.8 Å². The number of rotatable bonds is 12. The Kier molecular flexibility index (Phi) is 10.3. The van der Waals surface area contributed by atoms with E-state index in [-0.39, 0.29) is 0 Å². The van der Waals surface area contributed by atoms with E-state index in [2.05, 4.69) is 0 Å².